The van der Waals surface area contributed by atoms with Crippen molar-refractivity contribution in [3.63, 3.8) is 0 Å². The summed E-state index contributed by atoms with van der Waals surface area (Å²) < 4.78 is 8.66. The molecule has 2 heterocycles. The van der Waals surface area contributed by atoms with Crippen LogP contribution in [0.5, 0.6) is 0 Å². The molecule has 0 aromatic heterocycles. The van der Waals surface area contributed by atoms with Crippen molar-refractivity contribution in [1.82, 2.24) is 0 Å². The van der Waals surface area contributed by atoms with Crippen LogP contribution in [0.25, 0.3) is 0 Å². The van der Waals surface area contributed by atoms with Crippen LogP contribution in [0, 0.1) is 0 Å². The Morgan fingerprint density at radius 2 is 1.04 bits per heavy atom. The van der Waals surface area contributed by atoms with Crippen molar-refractivity contribution < 1.29 is 70.1 Å². The summed E-state index contributed by atoms with van der Waals surface area (Å²) in [6, 6.07) is 0. The fourth-order valence-electron chi connectivity index (χ4n) is 2.22. The van der Waals surface area contributed by atoms with Crippen LogP contribution >= 0.6 is 0 Å². The van der Waals surface area contributed by atoms with Crippen LogP contribution in [-0.4, -0.2) is 152 Å². The Balaban J connectivity index is 0.000000483. The summed E-state index contributed by atoms with van der Waals surface area (Å²) in [5.41, 5.74) is 0. The predicted molar refractivity (Wildman–Crippen MR) is 73.6 cm³/mol. The maximum Gasteiger partial charge on any atom is 2.00 e. The molecule has 2 rings (SSSR count). The first-order chi connectivity index (χ1) is 11.8. The van der Waals surface area contributed by atoms with Crippen molar-refractivity contribution >= 4 is 49.7 Å². The molecule has 15 heteroatoms. The third kappa shape index (κ3) is 5.45. The van der Waals surface area contributed by atoms with E-state index in [1.54, 1.807) is 0 Å². The Morgan fingerprint density at radius 1 is 0.778 bits per heavy atom. The summed E-state index contributed by atoms with van der Waals surface area (Å²) in [5, 5.41) is 92.2. The van der Waals surface area contributed by atoms with Gasteiger partial charge in [0.05, 0.1) is 25.2 Å². The molecule has 8 N–H and O–H groups in total. The van der Waals surface area contributed by atoms with E-state index in [-0.39, 0.29) is 37.7 Å². The number of ether oxygens (including phenoxy) is 2. The number of carbonyl (C=O) groups excluding carboxylic acids is 2. The molecule has 2 fully saturated rings. The van der Waals surface area contributed by atoms with Crippen LogP contribution in [0.3, 0.4) is 0 Å². The molecular weight excluding hydrogens is 408 g/mol. The van der Waals surface area contributed by atoms with E-state index in [4.69, 9.17) is 30.6 Å². The molecule has 4 unspecified atom stereocenters. The first-order valence-electron chi connectivity index (χ1n) is 7.00. The number of aliphatic carboxylic acids is 2. The average molecular weight is 426 g/mol. The molecule has 0 saturated carbocycles. The molecule has 0 radical (unpaired) electrons. The van der Waals surface area contributed by atoms with Gasteiger partial charge in [-0.05, 0) is 0 Å². The number of carbonyl (C=O) groups is 2. The van der Waals surface area contributed by atoms with Gasteiger partial charge in [0.1, 0.15) is 36.6 Å². The molecule has 152 valence electrons. The van der Waals surface area contributed by atoms with Gasteiger partial charge in [0, 0.05) is 0 Å². The zero-order chi connectivity index (χ0) is 20.4. The third-order valence-corrected chi connectivity index (χ3v) is 3.77. The summed E-state index contributed by atoms with van der Waals surface area (Å²) in [6.45, 7) is -2.04. The minimum absolute atomic E-state index is 0. The second-order valence-electron chi connectivity index (χ2n) is 5.59. The number of aliphatic hydroxyl groups excluding tert-OH is 6. The summed E-state index contributed by atoms with van der Waals surface area (Å²) in [4.78, 5) is 20.5. The van der Waals surface area contributed by atoms with Crippen molar-refractivity contribution in [2.75, 3.05) is 13.2 Å². The zero-order valence-electron chi connectivity index (χ0n) is 13.6. The first-order valence-corrected chi connectivity index (χ1v) is 7.00. The molecule has 0 aliphatic carbocycles. The SMILES string of the molecule is O=C([O-])[C@@H]1O[C@](O)(CO)C(O)C1O.O=C([O-])[C@@H]1O[C@](O)(CO)C(O)C1O.[Ca+2]. The van der Waals surface area contributed by atoms with Gasteiger partial charge >= 0.3 is 37.7 Å². The van der Waals surface area contributed by atoms with Gasteiger partial charge in [0.25, 0.3) is 0 Å². The predicted octanol–water partition coefficient (Wildman–Crippen LogP) is -9.31. The van der Waals surface area contributed by atoms with Gasteiger partial charge in [-0.25, -0.2) is 0 Å². The Labute approximate surface area is 180 Å². The second kappa shape index (κ2) is 10.0. The Bertz CT molecular complexity index is 486. The van der Waals surface area contributed by atoms with Gasteiger partial charge in [0.2, 0.25) is 11.6 Å². The van der Waals surface area contributed by atoms with E-state index >= 15 is 0 Å². The minimum atomic E-state index is -2.44. The second-order valence-corrected chi connectivity index (χ2v) is 5.59. The van der Waals surface area contributed by atoms with E-state index in [1.807, 2.05) is 0 Å². The van der Waals surface area contributed by atoms with Gasteiger partial charge in [-0.2, -0.15) is 0 Å². The topological polar surface area (TPSA) is 261 Å². The van der Waals surface area contributed by atoms with E-state index in [0.717, 1.165) is 0 Å². The molecule has 14 nitrogen and oxygen atoms in total. The van der Waals surface area contributed by atoms with Crippen LogP contribution in [0.4, 0.5) is 0 Å². The van der Waals surface area contributed by atoms with E-state index in [2.05, 4.69) is 9.47 Å². The minimum Gasteiger partial charge on any atom is -0.547 e. The number of rotatable bonds is 4. The van der Waals surface area contributed by atoms with Crippen molar-refractivity contribution in [1.29, 1.82) is 0 Å². The zero-order valence-corrected chi connectivity index (χ0v) is 15.8. The van der Waals surface area contributed by atoms with E-state index < -0.39 is 73.4 Å². The number of aliphatic hydroxyl groups is 8. The summed E-state index contributed by atoms with van der Waals surface area (Å²) >= 11 is 0. The van der Waals surface area contributed by atoms with Crippen LogP contribution < -0.4 is 10.2 Å². The quantitative estimate of drug-likeness (QED) is 0.194. The van der Waals surface area contributed by atoms with Crippen molar-refractivity contribution in [2.24, 2.45) is 0 Å². The Kier molecular flexibility index (Phi) is 9.94. The molecule has 0 bridgehead atoms. The molecule has 27 heavy (non-hydrogen) atoms. The number of hydrogen-bond donors (Lipinski definition) is 8. The van der Waals surface area contributed by atoms with Crippen molar-refractivity contribution in [3.05, 3.63) is 0 Å². The fourth-order valence-corrected chi connectivity index (χ4v) is 2.22. The molecule has 2 aliphatic rings. The maximum absolute atomic E-state index is 10.3. The average Bonchev–Trinajstić information content (AvgIpc) is 2.97. The van der Waals surface area contributed by atoms with Crippen molar-refractivity contribution in [2.45, 2.75) is 48.2 Å². The van der Waals surface area contributed by atoms with E-state index in [1.165, 1.54) is 0 Å². The van der Waals surface area contributed by atoms with Crippen LogP contribution in [0.15, 0.2) is 0 Å². The summed E-state index contributed by atoms with van der Waals surface area (Å²) in [6.07, 6.45) is -11.1. The number of hydrogen-bond acceptors (Lipinski definition) is 14. The molecule has 8 atom stereocenters. The Hall–Kier alpha value is -0.200. The fraction of sp³-hybridized carbons (Fsp3) is 0.833. The maximum atomic E-state index is 10.3. The van der Waals surface area contributed by atoms with Gasteiger partial charge in [-0.3, -0.25) is 0 Å². The van der Waals surface area contributed by atoms with Crippen LogP contribution in [-0.2, 0) is 19.1 Å². The molecule has 0 amide bonds. The molecule has 2 aliphatic heterocycles. The molecule has 0 aromatic carbocycles. The number of carboxylic acid groups (broad SMARTS) is 2. The monoisotopic (exact) mass is 426 g/mol. The standard InChI is InChI=1S/2C6H10O7.Ca/c2*7-1-6(12)4(9)2(8)3(13-6)5(10)11;/h2*2-4,7-9,12H,1H2,(H,10,11);/q;;+2/p-2/t2*2?,3-,4?,6-;/m11./s1. The molecule has 2 saturated heterocycles. The summed E-state index contributed by atoms with van der Waals surface area (Å²) in [5.74, 6) is -8.42. The number of carboxylic acids is 2. The van der Waals surface area contributed by atoms with Crippen LogP contribution in [0.2, 0.25) is 0 Å². The third-order valence-electron chi connectivity index (χ3n) is 3.77. The van der Waals surface area contributed by atoms with Gasteiger partial charge in [-0.15, -0.1) is 0 Å². The van der Waals surface area contributed by atoms with Gasteiger partial charge in [0.15, 0.2) is 0 Å². The van der Waals surface area contributed by atoms with Crippen molar-refractivity contribution in [3.8, 4) is 0 Å². The molecular formula is C12H18CaO14. The van der Waals surface area contributed by atoms with Gasteiger partial charge in [-0.1, -0.05) is 0 Å². The Morgan fingerprint density at radius 3 is 1.15 bits per heavy atom. The largest absolute Gasteiger partial charge is 2.00 e. The first kappa shape index (κ1) is 26.8. The summed E-state index contributed by atoms with van der Waals surface area (Å²) in [7, 11) is 0. The smallest absolute Gasteiger partial charge is 0.547 e. The van der Waals surface area contributed by atoms with Gasteiger partial charge < -0.3 is 70.1 Å². The molecule has 0 aromatic rings. The van der Waals surface area contributed by atoms with E-state index in [0.29, 0.717) is 0 Å². The normalized spacial score (nSPS) is 43.4. The molecule has 0 spiro atoms. The van der Waals surface area contributed by atoms with E-state index in [9.17, 15) is 30.0 Å². The van der Waals surface area contributed by atoms with Crippen LogP contribution in [0.1, 0.15) is 0 Å².